The number of non-ortho nitro benzene ring substituents is 1. The Kier molecular flexibility index (Phi) is 6.39. The molecule has 0 bridgehead atoms. The molecule has 1 unspecified atom stereocenters. The number of nitro groups is 1. The van der Waals surface area contributed by atoms with Gasteiger partial charge >= 0.3 is 0 Å². The first kappa shape index (κ1) is 20.7. The van der Waals surface area contributed by atoms with E-state index < -0.39 is 10.2 Å². The summed E-state index contributed by atoms with van der Waals surface area (Å²) in [5, 5.41) is 17.7. The zero-order chi connectivity index (χ0) is 21.0. The van der Waals surface area contributed by atoms with Crippen LogP contribution in [-0.2, 0) is 9.59 Å². The molecule has 1 heterocycles. The highest BCUT2D eigenvalue weighted by molar-refractivity contribution is 9.10. The van der Waals surface area contributed by atoms with E-state index >= 15 is 0 Å². The monoisotopic (exact) mass is 475 g/mol. The zero-order valence-corrected chi connectivity index (χ0v) is 17.2. The summed E-state index contributed by atoms with van der Waals surface area (Å²) in [4.78, 5) is 36.3. The van der Waals surface area contributed by atoms with E-state index in [1.807, 2.05) is 0 Å². The van der Waals surface area contributed by atoms with Crippen molar-refractivity contribution < 1.29 is 14.5 Å². The van der Waals surface area contributed by atoms with Crippen LogP contribution >= 0.6 is 27.7 Å². The van der Waals surface area contributed by atoms with Gasteiger partial charge in [0, 0.05) is 28.6 Å². The van der Waals surface area contributed by atoms with Gasteiger partial charge in [0.1, 0.15) is 5.25 Å². The van der Waals surface area contributed by atoms with Crippen LogP contribution in [0, 0.1) is 10.1 Å². The van der Waals surface area contributed by atoms with Crippen LogP contribution in [0.15, 0.2) is 63.2 Å². The van der Waals surface area contributed by atoms with Crippen molar-refractivity contribution in [3.05, 3.63) is 68.7 Å². The molecule has 1 aliphatic rings. The largest absolute Gasteiger partial charge is 0.377 e. The van der Waals surface area contributed by atoms with Crippen LogP contribution in [0.1, 0.15) is 12.0 Å². The zero-order valence-electron chi connectivity index (χ0n) is 14.8. The number of nitro benzene ring substituents is 1. The standard InChI is InChI=1S/C18H14BrN5O4S/c19-12-4-6-13(7-5-12)23-16(25)9-15(17(23)26)29-18(20)22-21-10-11-2-1-3-14(8-11)24(27)28/h1-8,10,15H,9H2,(H2,20,22)/b21-10+. The van der Waals surface area contributed by atoms with Crippen molar-refractivity contribution in [1.82, 2.24) is 0 Å². The molecular formula is C18H14BrN5O4S. The van der Waals surface area contributed by atoms with Crippen molar-refractivity contribution in [1.29, 1.82) is 0 Å². The van der Waals surface area contributed by atoms with Crippen LogP contribution < -0.4 is 10.6 Å². The Morgan fingerprint density at radius 2 is 2.00 bits per heavy atom. The number of imide groups is 1. The fourth-order valence-corrected chi connectivity index (χ4v) is 3.68. The lowest BCUT2D eigenvalue weighted by Gasteiger charge is -2.14. The molecule has 9 nitrogen and oxygen atoms in total. The maximum Gasteiger partial charge on any atom is 0.270 e. The minimum Gasteiger partial charge on any atom is -0.377 e. The number of carbonyl (C=O) groups excluding carboxylic acids is 2. The SMILES string of the molecule is N/C(=N\N=C\c1cccc([N+](=O)[O-])c1)SC1CC(=O)N(c2ccc(Br)cc2)C1=O. The summed E-state index contributed by atoms with van der Waals surface area (Å²) in [7, 11) is 0. The lowest BCUT2D eigenvalue weighted by atomic mass is 10.2. The van der Waals surface area contributed by atoms with Crippen LogP contribution in [0.5, 0.6) is 0 Å². The molecule has 2 aromatic carbocycles. The van der Waals surface area contributed by atoms with Crippen molar-refractivity contribution in [3.63, 3.8) is 0 Å². The Hall–Kier alpha value is -3.05. The molecule has 0 aromatic heterocycles. The highest BCUT2D eigenvalue weighted by Gasteiger charge is 2.40. The van der Waals surface area contributed by atoms with Crippen LogP contribution in [0.4, 0.5) is 11.4 Å². The fourth-order valence-electron chi connectivity index (χ4n) is 2.60. The number of anilines is 1. The van der Waals surface area contributed by atoms with E-state index in [-0.39, 0.29) is 29.1 Å². The molecule has 29 heavy (non-hydrogen) atoms. The Morgan fingerprint density at radius 1 is 1.28 bits per heavy atom. The molecule has 1 atom stereocenters. The second kappa shape index (κ2) is 8.97. The second-order valence-electron chi connectivity index (χ2n) is 5.89. The molecule has 3 rings (SSSR count). The highest BCUT2D eigenvalue weighted by Crippen LogP contribution is 2.30. The number of hydrogen-bond acceptors (Lipinski definition) is 7. The maximum absolute atomic E-state index is 12.6. The van der Waals surface area contributed by atoms with Crippen molar-refractivity contribution in [3.8, 4) is 0 Å². The van der Waals surface area contributed by atoms with Gasteiger partial charge in [0.25, 0.3) is 5.69 Å². The van der Waals surface area contributed by atoms with E-state index in [1.54, 1.807) is 30.3 Å². The van der Waals surface area contributed by atoms with Gasteiger partial charge < -0.3 is 5.73 Å². The first-order chi connectivity index (χ1) is 13.8. The summed E-state index contributed by atoms with van der Waals surface area (Å²) >= 11 is 4.26. The fraction of sp³-hybridized carbons (Fsp3) is 0.111. The van der Waals surface area contributed by atoms with E-state index in [2.05, 4.69) is 26.1 Å². The van der Waals surface area contributed by atoms with E-state index in [1.165, 1.54) is 24.4 Å². The predicted octanol–water partition coefficient (Wildman–Crippen LogP) is 3.07. The molecule has 11 heteroatoms. The lowest BCUT2D eigenvalue weighted by Crippen LogP contribution is -2.31. The number of benzene rings is 2. The normalized spacial score (nSPS) is 17.3. The Bertz CT molecular complexity index is 1030. The van der Waals surface area contributed by atoms with Crippen LogP contribution in [0.25, 0.3) is 0 Å². The maximum atomic E-state index is 12.6. The first-order valence-corrected chi connectivity index (χ1v) is 9.92. The number of hydrogen-bond donors (Lipinski definition) is 1. The summed E-state index contributed by atoms with van der Waals surface area (Å²) in [6.07, 6.45) is 1.32. The average Bonchev–Trinajstić information content (AvgIpc) is 2.96. The van der Waals surface area contributed by atoms with Crippen molar-refractivity contribution in [2.75, 3.05) is 4.90 Å². The quantitative estimate of drug-likeness (QED) is 0.232. The summed E-state index contributed by atoms with van der Waals surface area (Å²) < 4.78 is 0.837. The molecule has 0 spiro atoms. The molecule has 148 valence electrons. The third-order valence-electron chi connectivity index (χ3n) is 3.90. The second-order valence-corrected chi connectivity index (χ2v) is 8.03. The van der Waals surface area contributed by atoms with Gasteiger partial charge in [-0.15, -0.1) is 5.10 Å². The first-order valence-electron chi connectivity index (χ1n) is 8.25. The molecule has 0 saturated carbocycles. The molecule has 0 radical (unpaired) electrons. The molecule has 2 aromatic rings. The number of nitrogens with two attached hydrogens (primary N) is 1. The smallest absolute Gasteiger partial charge is 0.270 e. The van der Waals surface area contributed by atoms with Gasteiger partial charge in [-0.2, -0.15) is 5.10 Å². The Morgan fingerprint density at radius 3 is 2.69 bits per heavy atom. The van der Waals surface area contributed by atoms with E-state index in [9.17, 15) is 19.7 Å². The topological polar surface area (TPSA) is 131 Å². The third kappa shape index (κ3) is 5.06. The highest BCUT2D eigenvalue weighted by atomic mass is 79.9. The van der Waals surface area contributed by atoms with Gasteiger partial charge in [0.2, 0.25) is 11.8 Å². The molecule has 0 aliphatic carbocycles. The number of amidine groups is 1. The molecule has 2 N–H and O–H groups in total. The van der Waals surface area contributed by atoms with Crippen molar-refractivity contribution in [2.45, 2.75) is 11.7 Å². The molecule has 1 saturated heterocycles. The molecule has 2 amide bonds. The number of carbonyl (C=O) groups is 2. The van der Waals surface area contributed by atoms with Crippen LogP contribution in [0.2, 0.25) is 0 Å². The number of nitrogens with zero attached hydrogens (tertiary/aromatic N) is 4. The van der Waals surface area contributed by atoms with E-state index in [0.717, 1.165) is 21.1 Å². The Balaban J connectivity index is 1.66. The van der Waals surface area contributed by atoms with Gasteiger partial charge in [-0.1, -0.05) is 39.8 Å². The minimum absolute atomic E-state index is 0.00434. The Labute approximate surface area is 177 Å². The molecule has 1 aliphatic heterocycles. The van der Waals surface area contributed by atoms with Gasteiger partial charge in [-0.05, 0) is 24.3 Å². The number of thioether (sulfide) groups is 1. The third-order valence-corrected chi connectivity index (χ3v) is 5.40. The summed E-state index contributed by atoms with van der Waals surface area (Å²) in [6.45, 7) is 0. The van der Waals surface area contributed by atoms with Gasteiger partial charge in [-0.25, -0.2) is 4.90 Å². The molecule has 1 fully saturated rings. The summed E-state index contributed by atoms with van der Waals surface area (Å²) in [5.74, 6) is -0.689. The average molecular weight is 476 g/mol. The van der Waals surface area contributed by atoms with Gasteiger partial charge in [0.05, 0.1) is 16.8 Å². The van der Waals surface area contributed by atoms with E-state index in [4.69, 9.17) is 5.73 Å². The van der Waals surface area contributed by atoms with Crippen molar-refractivity contribution >= 4 is 62.3 Å². The minimum atomic E-state index is -0.692. The molecular weight excluding hydrogens is 462 g/mol. The predicted molar refractivity (Wildman–Crippen MR) is 115 cm³/mol. The van der Waals surface area contributed by atoms with Crippen molar-refractivity contribution in [2.24, 2.45) is 15.9 Å². The summed E-state index contributed by atoms with van der Waals surface area (Å²) in [6, 6.07) is 12.7. The lowest BCUT2D eigenvalue weighted by molar-refractivity contribution is -0.384. The van der Waals surface area contributed by atoms with Gasteiger partial charge in [0.15, 0.2) is 5.17 Å². The van der Waals surface area contributed by atoms with Crippen LogP contribution in [0.3, 0.4) is 0 Å². The van der Waals surface area contributed by atoms with Gasteiger partial charge in [-0.3, -0.25) is 19.7 Å². The number of amides is 2. The number of halogens is 1. The number of rotatable bonds is 5. The summed E-state index contributed by atoms with van der Waals surface area (Å²) in [5.41, 5.74) is 6.72. The van der Waals surface area contributed by atoms with E-state index in [0.29, 0.717) is 11.3 Å². The van der Waals surface area contributed by atoms with Crippen LogP contribution in [-0.4, -0.2) is 33.4 Å².